The summed E-state index contributed by atoms with van der Waals surface area (Å²) in [7, 11) is 2.70. The van der Waals surface area contributed by atoms with Gasteiger partial charge < -0.3 is 38.9 Å². The quantitative estimate of drug-likeness (QED) is 0.250. The number of urea groups is 1. The van der Waals surface area contributed by atoms with Gasteiger partial charge >= 0.3 is 12.0 Å². The molecule has 0 unspecified atom stereocenters. The second kappa shape index (κ2) is 12.1. The summed E-state index contributed by atoms with van der Waals surface area (Å²) in [5.74, 6) is 0.726. The fourth-order valence-electron chi connectivity index (χ4n) is 4.02. The number of esters is 1. The molecule has 13 heteroatoms. The lowest BCUT2D eigenvalue weighted by molar-refractivity contribution is -0.136. The Morgan fingerprint density at radius 1 is 1.18 bits per heavy atom. The van der Waals surface area contributed by atoms with E-state index in [1.165, 1.54) is 20.4 Å². The molecular weight excluding hydrogens is 498 g/mol. The van der Waals surface area contributed by atoms with Crippen molar-refractivity contribution in [3.05, 3.63) is 52.9 Å². The lowest BCUT2D eigenvalue weighted by Gasteiger charge is -2.28. The van der Waals surface area contributed by atoms with Crippen LogP contribution in [0.15, 0.2) is 51.1 Å². The van der Waals surface area contributed by atoms with E-state index in [1.807, 2.05) is 6.07 Å². The van der Waals surface area contributed by atoms with Crippen molar-refractivity contribution in [1.29, 1.82) is 0 Å². The largest absolute Gasteiger partial charge is 0.493 e. The van der Waals surface area contributed by atoms with E-state index in [0.29, 0.717) is 41.9 Å². The molecule has 38 heavy (non-hydrogen) atoms. The Morgan fingerprint density at radius 2 is 1.97 bits per heavy atom. The first-order valence-electron chi connectivity index (χ1n) is 11.8. The SMILES string of the molecule is COC(=O)C1=C(C)NC(=O)N[C@H]1c1ccc(OCC(=O)N/N=C\c2ccc(N3CCOCC3)o2)c(OC)c1. The van der Waals surface area contributed by atoms with Crippen molar-refractivity contribution in [1.82, 2.24) is 16.1 Å². The highest BCUT2D eigenvalue weighted by Gasteiger charge is 2.32. The van der Waals surface area contributed by atoms with Crippen LogP contribution in [0.4, 0.5) is 10.7 Å². The van der Waals surface area contributed by atoms with E-state index in [9.17, 15) is 14.4 Å². The molecule has 2 aliphatic heterocycles. The predicted molar refractivity (Wildman–Crippen MR) is 135 cm³/mol. The number of carbonyl (C=O) groups excluding carboxylic acids is 3. The molecule has 2 aromatic rings. The van der Waals surface area contributed by atoms with Crippen molar-refractivity contribution in [3.8, 4) is 11.5 Å². The minimum Gasteiger partial charge on any atom is -0.493 e. The van der Waals surface area contributed by atoms with Crippen LogP contribution in [0.2, 0.25) is 0 Å². The van der Waals surface area contributed by atoms with Gasteiger partial charge in [0.15, 0.2) is 24.0 Å². The maximum Gasteiger partial charge on any atom is 0.337 e. The Balaban J connectivity index is 1.35. The molecule has 2 aliphatic rings. The maximum absolute atomic E-state index is 12.3. The van der Waals surface area contributed by atoms with Crippen LogP contribution in [0.1, 0.15) is 24.3 Å². The van der Waals surface area contributed by atoms with Crippen molar-refractivity contribution in [2.24, 2.45) is 5.10 Å². The minimum atomic E-state index is -0.762. The van der Waals surface area contributed by atoms with Gasteiger partial charge in [0.2, 0.25) is 0 Å². The standard InChI is InChI=1S/C25H29N5O8/c1-15-22(24(32)35-3)23(28-25(33)27-15)16-4-6-18(19(12-16)34-2)37-14-20(31)29-26-13-17-5-7-21(38-17)30-8-10-36-11-9-30/h4-7,12-13,23H,8-11,14H2,1-3H3,(H,29,31)(H2,27,28,33)/b26-13-/t23-/m0/s1. The number of amides is 3. The van der Waals surface area contributed by atoms with Crippen LogP contribution < -0.4 is 30.4 Å². The number of nitrogens with zero attached hydrogens (tertiary/aromatic N) is 2. The number of anilines is 1. The number of furan rings is 1. The first kappa shape index (κ1) is 26.5. The predicted octanol–water partition coefficient (Wildman–Crippen LogP) is 1.45. The zero-order valence-corrected chi connectivity index (χ0v) is 21.2. The molecule has 0 saturated carbocycles. The Bertz CT molecular complexity index is 1250. The average Bonchev–Trinajstić information content (AvgIpc) is 3.40. The molecule has 13 nitrogen and oxygen atoms in total. The summed E-state index contributed by atoms with van der Waals surface area (Å²) in [5.41, 5.74) is 3.59. The fourth-order valence-corrected chi connectivity index (χ4v) is 4.02. The number of ether oxygens (including phenoxy) is 4. The Morgan fingerprint density at radius 3 is 2.71 bits per heavy atom. The lowest BCUT2D eigenvalue weighted by atomic mass is 9.95. The van der Waals surface area contributed by atoms with E-state index in [-0.39, 0.29) is 17.9 Å². The van der Waals surface area contributed by atoms with E-state index < -0.39 is 23.9 Å². The number of morpholine rings is 1. The fraction of sp³-hybridized carbons (Fsp3) is 0.360. The Hall–Kier alpha value is -4.52. The number of carbonyl (C=O) groups is 3. The van der Waals surface area contributed by atoms with E-state index in [2.05, 4.69) is 26.1 Å². The molecule has 1 aromatic carbocycles. The molecule has 3 N–H and O–H groups in total. The van der Waals surface area contributed by atoms with Crippen molar-refractivity contribution < 1.29 is 37.7 Å². The zero-order chi connectivity index (χ0) is 27.1. The monoisotopic (exact) mass is 527 g/mol. The number of allylic oxidation sites excluding steroid dienone is 1. The van der Waals surface area contributed by atoms with E-state index in [4.69, 9.17) is 23.4 Å². The smallest absolute Gasteiger partial charge is 0.337 e. The van der Waals surface area contributed by atoms with E-state index in [1.54, 1.807) is 31.2 Å². The van der Waals surface area contributed by atoms with E-state index >= 15 is 0 Å². The number of hydrogen-bond donors (Lipinski definition) is 3. The number of benzene rings is 1. The van der Waals surface area contributed by atoms with Gasteiger partial charge in [-0.25, -0.2) is 15.0 Å². The molecule has 202 valence electrons. The van der Waals surface area contributed by atoms with Crippen LogP contribution in [0, 0.1) is 0 Å². The van der Waals surface area contributed by atoms with Crippen LogP contribution in [-0.2, 0) is 19.1 Å². The normalized spacial score (nSPS) is 17.6. The van der Waals surface area contributed by atoms with Gasteiger partial charge in [-0.3, -0.25) is 4.79 Å². The second-order valence-corrected chi connectivity index (χ2v) is 8.33. The van der Waals surface area contributed by atoms with Crippen LogP contribution in [0.3, 0.4) is 0 Å². The molecule has 3 amide bonds. The minimum absolute atomic E-state index is 0.258. The van der Waals surface area contributed by atoms with Crippen molar-refractivity contribution >= 4 is 30.0 Å². The molecule has 0 radical (unpaired) electrons. The number of hydrogen-bond acceptors (Lipinski definition) is 10. The first-order chi connectivity index (χ1) is 18.4. The van der Waals surface area contributed by atoms with Crippen molar-refractivity contribution in [2.75, 3.05) is 52.0 Å². The zero-order valence-electron chi connectivity index (χ0n) is 21.2. The van der Waals surface area contributed by atoms with Crippen LogP contribution in [-0.4, -0.2) is 71.3 Å². The van der Waals surface area contributed by atoms with Gasteiger partial charge in [0, 0.05) is 24.9 Å². The summed E-state index contributed by atoms with van der Waals surface area (Å²) in [6, 6.07) is 7.24. The van der Waals surface area contributed by atoms with Crippen LogP contribution in [0.5, 0.6) is 11.5 Å². The molecular formula is C25H29N5O8. The van der Waals surface area contributed by atoms with Gasteiger partial charge in [0.1, 0.15) is 5.76 Å². The molecule has 1 saturated heterocycles. The average molecular weight is 528 g/mol. The molecule has 0 bridgehead atoms. The van der Waals surface area contributed by atoms with Gasteiger partial charge in [-0.1, -0.05) is 6.07 Å². The summed E-state index contributed by atoms with van der Waals surface area (Å²) < 4.78 is 26.9. The Kier molecular flexibility index (Phi) is 8.48. The highest BCUT2D eigenvalue weighted by molar-refractivity contribution is 5.95. The van der Waals surface area contributed by atoms with Gasteiger partial charge in [-0.15, -0.1) is 0 Å². The Labute approximate surface area is 218 Å². The first-order valence-corrected chi connectivity index (χ1v) is 11.8. The summed E-state index contributed by atoms with van der Waals surface area (Å²) in [4.78, 5) is 38.7. The summed E-state index contributed by atoms with van der Waals surface area (Å²) >= 11 is 0. The maximum atomic E-state index is 12.3. The van der Waals surface area contributed by atoms with Gasteiger partial charge in [0.05, 0.1) is 45.3 Å². The number of hydrazone groups is 1. The second-order valence-electron chi connectivity index (χ2n) is 8.33. The molecule has 3 heterocycles. The van der Waals surface area contributed by atoms with Gasteiger partial charge in [0.25, 0.3) is 5.91 Å². The number of methoxy groups -OCH3 is 2. The van der Waals surface area contributed by atoms with Gasteiger partial charge in [-0.2, -0.15) is 5.10 Å². The van der Waals surface area contributed by atoms with Crippen molar-refractivity contribution in [3.63, 3.8) is 0 Å². The molecule has 1 fully saturated rings. The van der Waals surface area contributed by atoms with Gasteiger partial charge in [-0.05, 0) is 30.7 Å². The van der Waals surface area contributed by atoms with Crippen LogP contribution >= 0.6 is 0 Å². The van der Waals surface area contributed by atoms with Crippen LogP contribution in [0.25, 0.3) is 0 Å². The molecule has 1 aromatic heterocycles. The van der Waals surface area contributed by atoms with Crippen molar-refractivity contribution in [2.45, 2.75) is 13.0 Å². The molecule has 4 rings (SSSR count). The summed E-state index contributed by atoms with van der Waals surface area (Å²) in [6.45, 7) is 4.07. The summed E-state index contributed by atoms with van der Waals surface area (Å²) in [6.07, 6.45) is 1.40. The lowest BCUT2D eigenvalue weighted by Crippen LogP contribution is -2.45. The van der Waals surface area contributed by atoms with E-state index in [0.717, 1.165) is 13.1 Å². The number of rotatable bonds is 9. The molecule has 1 atom stereocenters. The third-order valence-corrected chi connectivity index (χ3v) is 5.87. The summed E-state index contributed by atoms with van der Waals surface area (Å²) in [5, 5.41) is 9.18. The highest BCUT2D eigenvalue weighted by atomic mass is 16.5. The highest BCUT2D eigenvalue weighted by Crippen LogP contribution is 2.34. The topological polar surface area (TPSA) is 153 Å². The number of nitrogens with one attached hydrogen (secondary N) is 3. The third-order valence-electron chi connectivity index (χ3n) is 5.87. The molecule has 0 aliphatic carbocycles. The molecule has 0 spiro atoms. The third kappa shape index (κ3) is 6.24.